The van der Waals surface area contributed by atoms with Gasteiger partial charge in [0.05, 0.1) is 0 Å². The Kier molecular flexibility index (Phi) is 5.79. The second-order valence-corrected chi connectivity index (χ2v) is 7.15. The minimum Gasteiger partial charge on any atom is -0.480 e. The van der Waals surface area contributed by atoms with Gasteiger partial charge in [-0.05, 0) is 43.9 Å². The van der Waals surface area contributed by atoms with Crippen molar-refractivity contribution < 1.29 is 13.9 Å². The summed E-state index contributed by atoms with van der Waals surface area (Å²) in [7, 11) is 3.88. The highest BCUT2D eigenvalue weighted by Gasteiger charge is 2.32. The van der Waals surface area contributed by atoms with Gasteiger partial charge in [-0.1, -0.05) is 29.8 Å². The number of halogens is 2. The molecule has 0 N–H and O–H groups in total. The fourth-order valence-corrected chi connectivity index (χ4v) is 3.17. The summed E-state index contributed by atoms with van der Waals surface area (Å²) in [5.41, 5.74) is 1.42. The number of carbonyl (C=O) groups is 1. The predicted molar refractivity (Wildman–Crippen MR) is 99.9 cm³/mol. The Hall–Kier alpha value is -2.11. The number of rotatable bonds is 6. The standard InChI is InChI=1S/C20H22ClFN2O2/c1-23(2)9-10-24(13-14-5-3-4-6-17(14)22)20(25)19-12-15-11-16(21)7-8-18(15)26-19/h3-8,11,19H,9-10,12-13H2,1-2H3. The summed E-state index contributed by atoms with van der Waals surface area (Å²) in [6.45, 7) is 1.40. The van der Waals surface area contributed by atoms with Crippen LogP contribution in [0.2, 0.25) is 5.02 Å². The second kappa shape index (κ2) is 8.06. The van der Waals surface area contributed by atoms with Crippen molar-refractivity contribution in [3.8, 4) is 5.75 Å². The van der Waals surface area contributed by atoms with E-state index in [-0.39, 0.29) is 18.3 Å². The van der Waals surface area contributed by atoms with Crippen molar-refractivity contribution in [2.45, 2.75) is 19.1 Å². The number of hydrogen-bond acceptors (Lipinski definition) is 3. The summed E-state index contributed by atoms with van der Waals surface area (Å²) < 4.78 is 19.9. The van der Waals surface area contributed by atoms with Gasteiger partial charge in [0.25, 0.3) is 5.91 Å². The SMILES string of the molecule is CN(C)CCN(Cc1ccccc1F)C(=O)C1Cc2cc(Cl)ccc2O1. The van der Waals surface area contributed by atoms with Crippen molar-refractivity contribution in [1.29, 1.82) is 0 Å². The van der Waals surface area contributed by atoms with E-state index in [4.69, 9.17) is 16.3 Å². The van der Waals surface area contributed by atoms with Crippen LogP contribution in [0.15, 0.2) is 42.5 Å². The maximum atomic E-state index is 14.1. The molecule has 0 aliphatic carbocycles. The van der Waals surface area contributed by atoms with Gasteiger partial charge in [0.2, 0.25) is 0 Å². The first kappa shape index (κ1) is 18.7. The molecule has 1 amide bonds. The lowest BCUT2D eigenvalue weighted by Crippen LogP contribution is -2.43. The first-order valence-corrected chi connectivity index (χ1v) is 8.94. The molecule has 0 bridgehead atoms. The average molecular weight is 377 g/mol. The summed E-state index contributed by atoms with van der Waals surface area (Å²) in [6.07, 6.45) is -0.123. The zero-order chi connectivity index (χ0) is 18.7. The van der Waals surface area contributed by atoms with Crippen LogP contribution in [0.5, 0.6) is 5.75 Å². The zero-order valence-corrected chi connectivity index (χ0v) is 15.7. The predicted octanol–water partition coefficient (Wildman–Crippen LogP) is 3.37. The summed E-state index contributed by atoms with van der Waals surface area (Å²) in [5.74, 6) is 0.242. The Labute approximate surface area is 158 Å². The van der Waals surface area contributed by atoms with E-state index >= 15 is 0 Å². The minimum absolute atomic E-state index is 0.137. The van der Waals surface area contributed by atoms with E-state index in [0.717, 1.165) is 5.56 Å². The molecule has 2 aromatic carbocycles. The molecule has 2 aromatic rings. The van der Waals surface area contributed by atoms with Gasteiger partial charge < -0.3 is 14.5 Å². The van der Waals surface area contributed by atoms with E-state index in [9.17, 15) is 9.18 Å². The van der Waals surface area contributed by atoms with E-state index in [2.05, 4.69) is 0 Å². The number of nitrogens with zero attached hydrogens (tertiary/aromatic N) is 2. The van der Waals surface area contributed by atoms with Crippen molar-refractivity contribution in [3.63, 3.8) is 0 Å². The van der Waals surface area contributed by atoms with Crippen molar-refractivity contribution in [3.05, 3.63) is 64.4 Å². The van der Waals surface area contributed by atoms with Gasteiger partial charge in [0.15, 0.2) is 6.10 Å². The van der Waals surface area contributed by atoms with Crippen molar-refractivity contribution in [1.82, 2.24) is 9.80 Å². The normalized spacial score (nSPS) is 15.7. The van der Waals surface area contributed by atoms with Gasteiger partial charge in [-0.15, -0.1) is 0 Å². The molecule has 0 saturated carbocycles. The molecule has 138 valence electrons. The van der Waals surface area contributed by atoms with Crippen molar-refractivity contribution >= 4 is 17.5 Å². The Morgan fingerprint density at radius 2 is 2.00 bits per heavy atom. The molecule has 3 rings (SSSR count). The molecule has 0 fully saturated rings. The zero-order valence-electron chi connectivity index (χ0n) is 14.9. The summed E-state index contributed by atoms with van der Waals surface area (Å²) in [6, 6.07) is 11.9. The van der Waals surface area contributed by atoms with Crippen LogP contribution in [0.25, 0.3) is 0 Å². The molecule has 1 aliphatic heterocycles. The Bertz CT molecular complexity index is 797. The monoisotopic (exact) mass is 376 g/mol. The third kappa shape index (κ3) is 4.34. The van der Waals surface area contributed by atoms with E-state index in [0.29, 0.717) is 35.8 Å². The van der Waals surface area contributed by atoms with Crippen LogP contribution in [0.1, 0.15) is 11.1 Å². The lowest BCUT2D eigenvalue weighted by molar-refractivity contribution is -0.138. The maximum absolute atomic E-state index is 14.1. The molecule has 0 radical (unpaired) electrons. The number of benzene rings is 2. The van der Waals surface area contributed by atoms with Crippen LogP contribution in [-0.2, 0) is 17.8 Å². The minimum atomic E-state index is -0.600. The van der Waals surface area contributed by atoms with Gasteiger partial charge in [0, 0.05) is 36.6 Å². The highest BCUT2D eigenvalue weighted by molar-refractivity contribution is 6.30. The highest BCUT2D eigenvalue weighted by atomic mass is 35.5. The topological polar surface area (TPSA) is 32.8 Å². The van der Waals surface area contributed by atoms with Crippen LogP contribution >= 0.6 is 11.6 Å². The van der Waals surface area contributed by atoms with E-state index in [1.54, 1.807) is 35.2 Å². The van der Waals surface area contributed by atoms with Crippen molar-refractivity contribution in [2.75, 3.05) is 27.2 Å². The molecule has 1 atom stereocenters. The quantitative estimate of drug-likeness (QED) is 0.775. The van der Waals surface area contributed by atoms with Crippen LogP contribution < -0.4 is 4.74 Å². The first-order valence-electron chi connectivity index (χ1n) is 8.56. The average Bonchev–Trinajstić information content (AvgIpc) is 3.02. The van der Waals surface area contributed by atoms with Crippen LogP contribution in [0.3, 0.4) is 0 Å². The fourth-order valence-electron chi connectivity index (χ4n) is 2.98. The molecule has 1 unspecified atom stereocenters. The number of fused-ring (bicyclic) bond motifs is 1. The van der Waals surface area contributed by atoms with Crippen molar-refractivity contribution in [2.24, 2.45) is 0 Å². The van der Waals surface area contributed by atoms with E-state index in [1.807, 2.05) is 25.1 Å². The lowest BCUT2D eigenvalue weighted by Gasteiger charge is -2.27. The smallest absolute Gasteiger partial charge is 0.264 e. The van der Waals surface area contributed by atoms with Gasteiger partial charge in [0.1, 0.15) is 11.6 Å². The molecule has 1 heterocycles. The van der Waals surface area contributed by atoms with Crippen LogP contribution in [0, 0.1) is 5.82 Å². The maximum Gasteiger partial charge on any atom is 0.264 e. The van der Waals surface area contributed by atoms with Gasteiger partial charge in [-0.25, -0.2) is 4.39 Å². The van der Waals surface area contributed by atoms with Crippen LogP contribution in [-0.4, -0.2) is 49.0 Å². The van der Waals surface area contributed by atoms with Crippen LogP contribution in [0.4, 0.5) is 4.39 Å². The third-order valence-corrected chi connectivity index (χ3v) is 4.66. The molecule has 0 spiro atoms. The summed E-state index contributed by atoms with van der Waals surface area (Å²) >= 11 is 6.02. The second-order valence-electron chi connectivity index (χ2n) is 6.72. The number of amides is 1. The molecule has 6 heteroatoms. The van der Waals surface area contributed by atoms with Gasteiger partial charge in [-0.3, -0.25) is 4.79 Å². The molecule has 4 nitrogen and oxygen atoms in total. The molecule has 1 aliphatic rings. The fraction of sp³-hybridized carbons (Fsp3) is 0.350. The van der Waals surface area contributed by atoms with E-state index in [1.165, 1.54) is 6.07 Å². The Morgan fingerprint density at radius 1 is 1.23 bits per heavy atom. The largest absolute Gasteiger partial charge is 0.480 e. The summed E-state index contributed by atoms with van der Waals surface area (Å²) in [4.78, 5) is 16.7. The molecule has 0 aromatic heterocycles. The molecule has 26 heavy (non-hydrogen) atoms. The first-order chi connectivity index (χ1) is 12.4. The van der Waals surface area contributed by atoms with E-state index < -0.39 is 6.10 Å². The molecular formula is C20H22ClFN2O2. The summed E-state index contributed by atoms with van der Waals surface area (Å²) in [5, 5.41) is 0.622. The molecular weight excluding hydrogens is 355 g/mol. The highest BCUT2D eigenvalue weighted by Crippen LogP contribution is 2.32. The molecule has 0 saturated heterocycles. The Morgan fingerprint density at radius 3 is 2.73 bits per heavy atom. The van der Waals surface area contributed by atoms with Gasteiger partial charge >= 0.3 is 0 Å². The number of ether oxygens (including phenoxy) is 1. The van der Waals surface area contributed by atoms with Gasteiger partial charge in [-0.2, -0.15) is 0 Å². The number of hydrogen-bond donors (Lipinski definition) is 0. The third-order valence-electron chi connectivity index (χ3n) is 4.42. The Balaban J connectivity index is 1.76. The number of likely N-dealkylation sites (N-methyl/N-ethyl adjacent to an activating group) is 1. The lowest BCUT2D eigenvalue weighted by atomic mass is 10.1. The number of carbonyl (C=O) groups excluding carboxylic acids is 1.